The van der Waals surface area contributed by atoms with E-state index < -0.39 is 11.7 Å². The Balaban J connectivity index is 0.00000529. The Bertz CT molecular complexity index is 1410. The Hall–Kier alpha value is -4.12. The summed E-state index contributed by atoms with van der Waals surface area (Å²) in [6.07, 6.45) is 8.12. The van der Waals surface area contributed by atoms with Crippen LogP contribution < -0.4 is 21.3 Å². The number of hydrogen-bond donors (Lipinski definition) is 4. The zero-order chi connectivity index (χ0) is 30.8. The van der Waals surface area contributed by atoms with Crippen molar-refractivity contribution in [3.05, 3.63) is 54.5 Å². The number of anilines is 1. The van der Waals surface area contributed by atoms with E-state index in [0.717, 1.165) is 53.1 Å². The minimum atomic E-state index is -0.512. The average Bonchev–Trinajstić information content (AvgIpc) is 2.98. The molecule has 4 N–H and O–H groups in total. The third-order valence-corrected chi connectivity index (χ3v) is 7.34. The van der Waals surface area contributed by atoms with Crippen molar-refractivity contribution in [2.45, 2.75) is 65.5 Å². The van der Waals surface area contributed by atoms with Crippen molar-refractivity contribution >= 4 is 47.2 Å². The summed E-state index contributed by atoms with van der Waals surface area (Å²) in [7, 11) is 0. The molecule has 0 saturated heterocycles. The number of fused-ring (bicyclic) bond motifs is 1. The summed E-state index contributed by atoms with van der Waals surface area (Å²) in [6, 6.07) is 9.31. The molecule has 11 nitrogen and oxygen atoms in total. The lowest BCUT2D eigenvalue weighted by atomic mass is 9.82. The maximum absolute atomic E-state index is 12.6. The van der Waals surface area contributed by atoms with Gasteiger partial charge in [0.05, 0.1) is 6.61 Å². The fraction of sp³-hybridized carbons (Fsp3) is 0.469. The second-order valence-electron chi connectivity index (χ2n) is 11.8. The topological polar surface area (TPSA) is 144 Å². The number of carbonyl (C=O) groups excluding carboxylic acids is 3. The second kappa shape index (κ2) is 16.1. The summed E-state index contributed by atoms with van der Waals surface area (Å²) in [6.45, 7) is 9.10. The molecule has 1 aromatic carbocycles. The molecule has 0 spiro atoms. The molecule has 0 unspecified atom stereocenters. The lowest BCUT2D eigenvalue weighted by Crippen LogP contribution is -2.36. The molecule has 44 heavy (non-hydrogen) atoms. The van der Waals surface area contributed by atoms with Crippen molar-refractivity contribution in [3.63, 3.8) is 0 Å². The van der Waals surface area contributed by atoms with Gasteiger partial charge in [0.1, 0.15) is 11.4 Å². The summed E-state index contributed by atoms with van der Waals surface area (Å²) >= 11 is 0. The van der Waals surface area contributed by atoms with Gasteiger partial charge in [0.15, 0.2) is 0 Å². The van der Waals surface area contributed by atoms with Gasteiger partial charge in [-0.2, -0.15) is 0 Å². The summed E-state index contributed by atoms with van der Waals surface area (Å²) in [5.41, 5.74) is 2.30. The van der Waals surface area contributed by atoms with Crippen molar-refractivity contribution in [2.24, 2.45) is 11.8 Å². The van der Waals surface area contributed by atoms with E-state index in [9.17, 15) is 14.4 Å². The molecular formula is C32H43ClN6O5. The minimum absolute atomic E-state index is 0. The Morgan fingerprint density at radius 1 is 0.909 bits per heavy atom. The molecule has 238 valence electrons. The van der Waals surface area contributed by atoms with Crippen LogP contribution in [0.5, 0.6) is 0 Å². The molecule has 0 radical (unpaired) electrons. The van der Waals surface area contributed by atoms with Crippen molar-refractivity contribution in [1.82, 2.24) is 25.9 Å². The van der Waals surface area contributed by atoms with Crippen LogP contribution in [0.3, 0.4) is 0 Å². The zero-order valence-corrected chi connectivity index (χ0v) is 26.6. The van der Waals surface area contributed by atoms with Crippen LogP contribution in [-0.4, -0.2) is 53.5 Å². The number of amides is 4. The molecule has 1 aliphatic rings. The Kier molecular flexibility index (Phi) is 12.6. The van der Waals surface area contributed by atoms with Gasteiger partial charge in [0.25, 0.3) is 0 Å². The van der Waals surface area contributed by atoms with E-state index in [2.05, 4.69) is 31.2 Å². The molecule has 0 atom stereocenters. The van der Waals surface area contributed by atoms with E-state index in [1.165, 1.54) is 0 Å². The van der Waals surface area contributed by atoms with Gasteiger partial charge >= 0.3 is 18.2 Å². The number of carbonyl (C=O) groups is 3. The highest BCUT2D eigenvalue weighted by Gasteiger charge is 2.24. The molecule has 4 rings (SSSR count). The minimum Gasteiger partial charge on any atom is -0.449 e. The van der Waals surface area contributed by atoms with Crippen LogP contribution in [0.15, 0.2) is 48.9 Å². The standard InChI is InChI=1S/C32H42N6O5.ClH/c1-5-34-29(39)38-28-16-26-25(23-12-14-33-15-13-23)11-10-24(27(26)19-35-28)18-37-30(40)42-20-22-8-6-21(7-9-22)17-36-31(41)43-32(2,3)4;/h10-16,19,21-22H,5-9,17-18,20H2,1-4H3,(H,36,41)(H,37,40)(H2,34,35,38,39);1H/t21-,22-;. The largest absolute Gasteiger partial charge is 0.449 e. The average molecular weight is 627 g/mol. The fourth-order valence-electron chi connectivity index (χ4n) is 5.18. The number of ether oxygens (including phenoxy) is 2. The summed E-state index contributed by atoms with van der Waals surface area (Å²) in [4.78, 5) is 45.2. The number of alkyl carbamates (subject to hydrolysis) is 2. The van der Waals surface area contributed by atoms with Crippen LogP contribution in [0.1, 0.15) is 58.9 Å². The third kappa shape index (κ3) is 10.3. The Morgan fingerprint density at radius 3 is 2.30 bits per heavy atom. The first-order valence-corrected chi connectivity index (χ1v) is 14.9. The van der Waals surface area contributed by atoms with Crippen molar-refractivity contribution in [3.8, 4) is 11.1 Å². The highest BCUT2D eigenvalue weighted by molar-refractivity contribution is 6.00. The molecule has 1 fully saturated rings. The number of hydrogen-bond acceptors (Lipinski definition) is 7. The second-order valence-corrected chi connectivity index (χ2v) is 11.8. The molecule has 1 saturated carbocycles. The van der Waals surface area contributed by atoms with Crippen molar-refractivity contribution < 1.29 is 23.9 Å². The monoisotopic (exact) mass is 626 g/mol. The van der Waals surface area contributed by atoms with E-state index >= 15 is 0 Å². The quantitative estimate of drug-likeness (QED) is 0.215. The predicted molar refractivity (Wildman–Crippen MR) is 173 cm³/mol. The van der Waals surface area contributed by atoms with Crippen LogP contribution in [0.2, 0.25) is 0 Å². The lowest BCUT2D eigenvalue weighted by Gasteiger charge is -2.28. The summed E-state index contributed by atoms with van der Waals surface area (Å²) in [5.74, 6) is 1.11. The third-order valence-electron chi connectivity index (χ3n) is 7.34. The SMILES string of the molecule is CCNC(=O)Nc1cc2c(-c3ccncc3)ccc(CNC(=O)OC[C@H]3CC[C@H](CNC(=O)OC(C)(C)C)CC3)c2cn1.Cl. The molecular weight excluding hydrogens is 584 g/mol. The van der Waals surface area contributed by atoms with Gasteiger partial charge in [-0.1, -0.05) is 12.1 Å². The maximum atomic E-state index is 12.6. The number of halogens is 1. The molecule has 1 aliphatic carbocycles. The number of rotatable bonds is 9. The van der Waals surface area contributed by atoms with E-state index in [1.54, 1.807) is 18.6 Å². The molecule has 12 heteroatoms. The van der Waals surface area contributed by atoms with Gasteiger partial charge in [0, 0.05) is 43.6 Å². The molecule has 3 aromatic rings. The van der Waals surface area contributed by atoms with Gasteiger partial charge in [-0.3, -0.25) is 10.3 Å². The van der Waals surface area contributed by atoms with E-state index in [1.807, 2.05) is 58.0 Å². The fourth-order valence-corrected chi connectivity index (χ4v) is 5.18. The number of aromatic nitrogens is 2. The summed E-state index contributed by atoms with van der Waals surface area (Å²) < 4.78 is 10.9. The van der Waals surface area contributed by atoms with Gasteiger partial charge in [-0.05, 0) is 105 Å². The predicted octanol–water partition coefficient (Wildman–Crippen LogP) is 6.42. The molecule has 0 aliphatic heterocycles. The molecule has 0 bridgehead atoms. The van der Waals surface area contributed by atoms with Gasteiger partial charge < -0.3 is 25.4 Å². The number of nitrogens with zero attached hydrogens (tertiary/aromatic N) is 2. The number of urea groups is 1. The Labute approximate surface area is 264 Å². The summed E-state index contributed by atoms with van der Waals surface area (Å²) in [5, 5.41) is 13.0. The zero-order valence-electron chi connectivity index (χ0n) is 25.8. The Morgan fingerprint density at radius 2 is 1.61 bits per heavy atom. The van der Waals surface area contributed by atoms with E-state index in [4.69, 9.17) is 9.47 Å². The number of pyridine rings is 2. The normalized spacial score (nSPS) is 16.3. The van der Waals surface area contributed by atoms with Gasteiger partial charge in [-0.25, -0.2) is 19.4 Å². The van der Waals surface area contributed by atoms with Crippen LogP contribution in [0, 0.1) is 11.8 Å². The number of nitrogens with one attached hydrogen (secondary N) is 4. The maximum Gasteiger partial charge on any atom is 0.407 e. The van der Waals surface area contributed by atoms with Crippen LogP contribution in [0.25, 0.3) is 21.9 Å². The molecule has 4 amide bonds. The highest BCUT2D eigenvalue weighted by atomic mass is 35.5. The first-order valence-electron chi connectivity index (χ1n) is 14.9. The van der Waals surface area contributed by atoms with Crippen molar-refractivity contribution in [2.75, 3.05) is 25.0 Å². The van der Waals surface area contributed by atoms with E-state index in [-0.39, 0.29) is 31.1 Å². The smallest absolute Gasteiger partial charge is 0.407 e. The van der Waals surface area contributed by atoms with Crippen LogP contribution in [-0.2, 0) is 16.0 Å². The van der Waals surface area contributed by atoms with Crippen molar-refractivity contribution in [1.29, 1.82) is 0 Å². The first-order chi connectivity index (χ1) is 20.6. The highest BCUT2D eigenvalue weighted by Crippen LogP contribution is 2.32. The molecule has 2 aromatic heterocycles. The first kappa shape index (κ1) is 34.4. The lowest BCUT2D eigenvalue weighted by molar-refractivity contribution is 0.0508. The van der Waals surface area contributed by atoms with Crippen LogP contribution >= 0.6 is 12.4 Å². The van der Waals surface area contributed by atoms with Gasteiger partial charge in [-0.15, -0.1) is 12.4 Å². The molecule has 2 heterocycles. The number of benzene rings is 1. The van der Waals surface area contributed by atoms with Crippen LogP contribution in [0.4, 0.5) is 20.2 Å². The van der Waals surface area contributed by atoms with E-state index in [0.29, 0.717) is 37.4 Å². The van der Waals surface area contributed by atoms with Gasteiger partial charge in [0.2, 0.25) is 0 Å².